The van der Waals surface area contributed by atoms with Gasteiger partial charge in [0.2, 0.25) is 5.91 Å². The highest BCUT2D eigenvalue weighted by atomic mass is 35.5. The lowest BCUT2D eigenvalue weighted by atomic mass is 9.79. The topological polar surface area (TPSA) is 67.6 Å². The zero-order valence-electron chi connectivity index (χ0n) is 16.7. The summed E-state index contributed by atoms with van der Waals surface area (Å²) in [7, 11) is 0. The number of likely N-dealkylation sites (tertiary alicyclic amines) is 1. The van der Waals surface area contributed by atoms with Gasteiger partial charge in [-0.1, -0.05) is 37.1 Å². The number of benzene rings is 1. The van der Waals surface area contributed by atoms with Crippen LogP contribution in [0.2, 0.25) is 0 Å². The first-order valence-electron chi connectivity index (χ1n) is 10.1. The zero-order chi connectivity index (χ0) is 18.2. The van der Waals surface area contributed by atoms with Gasteiger partial charge in [0.1, 0.15) is 0 Å². The van der Waals surface area contributed by atoms with Crippen molar-refractivity contribution in [3.05, 3.63) is 35.4 Å². The number of nitrogens with two attached hydrogens (primary N) is 1. The van der Waals surface area contributed by atoms with Gasteiger partial charge in [-0.05, 0) is 49.9 Å². The second-order valence-electron chi connectivity index (χ2n) is 7.79. The molecule has 0 atom stereocenters. The molecule has 0 radical (unpaired) electrons. The number of ether oxygens (including phenoxy) is 1. The molecule has 2 aliphatic heterocycles. The molecule has 0 unspecified atom stereocenters. The van der Waals surface area contributed by atoms with Crippen molar-refractivity contribution in [3.8, 4) is 0 Å². The molecule has 2 heterocycles. The Bertz CT molecular complexity index is 570. The van der Waals surface area contributed by atoms with Gasteiger partial charge < -0.3 is 15.8 Å². The maximum absolute atomic E-state index is 12.6. The highest BCUT2D eigenvalue weighted by Crippen LogP contribution is 2.29. The maximum Gasteiger partial charge on any atom is 0.227 e. The van der Waals surface area contributed by atoms with Crippen molar-refractivity contribution in [1.82, 2.24) is 10.2 Å². The molecule has 3 rings (SSSR count). The monoisotopic (exact) mass is 431 g/mol. The summed E-state index contributed by atoms with van der Waals surface area (Å²) in [6.45, 7) is 5.64. The van der Waals surface area contributed by atoms with Crippen molar-refractivity contribution < 1.29 is 9.53 Å². The van der Waals surface area contributed by atoms with Gasteiger partial charge >= 0.3 is 0 Å². The van der Waals surface area contributed by atoms with Crippen molar-refractivity contribution >= 4 is 30.7 Å². The number of amides is 1. The predicted molar refractivity (Wildman–Crippen MR) is 118 cm³/mol. The van der Waals surface area contributed by atoms with E-state index >= 15 is 0 Å². The third kappa shape index (κ3) is 6.89. The summed E-state index contributed by atoms with van der Waals surface area (Å²) >= 11 is 0. The Morgan fingerprint density at radius 3 is 2.14 bits per heavy atom. The molecule has 2 aliphatic rings. The van der Waals surface area contributed by atoms with E-state index in [-0.39, 0.29) is 30.7 Å². The fourth-order valence-electron chi connectivity index (χ4n) is 3.97. The first kappa shape index (κ1) is 25.2. The number of nitrogens with zero attached hydrogens (tertiary/aromatic N) is 1. The molecule has 0 saturated carbocycles. The number of carbonyl (C=O) groups is 1. The minimum absolute atomic E-state index is 0. The van der Waals surface area contributed by atoms with Crippen LogP contribution in [0.4, 0.5) is 0 Å². The number of rotatable bonds is 6. The van der Waals surface area contributed by atoms with Gasteiger partial charge in [-0.25, -0.2) is 0 Å². The van der Waals surface area contributed by atoms with Crippen LogP contribution in [0.25, 0.3) is 0 Å². The third-order valence-electron chi connectivity index (χ3n) is 5.90. The molecule has 1 aromatic rings. The van der Waals surface area contributed by atoms with Crippen molar-refractivity contribution in [1.29, 1.82) is 0 Å². The van der Waals surface area contributed by atoms with E-state index in [1.807, 2.05) is 0 Å². The maximum atomic E-state index is 12.6. The minimum Gasteiger partial charge on any atom is -0.381 e. The molecular formula is C21H35Cl2N3O2. The summed E-state index contributed by atoms with van der Waals surface area (Å²) in [4.78, 5) is 15.2. The molecule has 2 fully saturated rings. The molecule has 2 saturated heterocycles. The largest absolute Gasteiger partial charge is 0.381 e. The van der Waals surface area contributed by atoms with Gasteiger partial charge in [0.05, 0.1) is 5.41 Å². The fourth-order valence-corrected chi connectivity index (χ4v) is 3.97. The van der Waals surface area contributed by atoms with Gasteiger partial charge in [0.25, 0.3) is 0 Å². The SMILES string of the molecule is Cl.Cl.NCC1(C(=O)NCc2ccc(CN3CCCCCC3)cc2)CCOCC1. The molecule has 1 aromatic carbocycles. The first-order chi connectivity index (χ1) is 12.7. The molecule has 160 valence electrons. The van der Waals surface area contributed by atoms with E-state index in [4.69, 9.17) is 10.5 Å². The average Bonchev–Trinajstić information content (AvgIpc) is 2.96. The normalized spacial score (nSPS) is 19.6. The molecular weight excluding hydrogens is 397 g/mol. The summed E-state index contributed by atoms with van der Waals surface area (Å²) in [6, 6.07) is 8.65. The minimum atomic E-state index is -0.453. The Kier molecular flexibility index (Phi) is 11.4. The van der Waals surface area contributed by atoms with E-state index in [9.17, 15) is 4.79 Å². The molecule has 7 heteroatoms. The molecule has 3 N–H and O–H groups in total. The van der Waals surface area contributed by atoms with Crippen LogP contribution in [0.1, 0.15) is 49.7 Å². The second-order valence-corrected chi connectivity index (χ2v) is 7.79. The van der Waals surface area contributed by atoms with Crippen molar-refractivity contribution in [3.63, 3.8) is 0 Å². The van der Waals surface area contributed by atoms with Crippen LogP contribution in [0.15, 0.2) is 24.3 Å². The lowest BCUT2D eigenvalue weighted by Gasteiger charge is -2.34. The van der Waals surface area contributed by atoms with E-state index in [1.54, 1.807) is 0 Å². The van der Waals surface area contributed by atoms with E-state index in [2.05, 4.69) is 34.5 Å². The van der Waals surface area contributed by atoms with Gasteiger partial charge in [-0.3, -0.25) is 9.69 Å². The summed E-state index contributed by atoms with van der Waals surface area (Å²) in [5, 5.41) is 3.08. The second kappa shape index (κ2) is 12.7. The van der Waals surface area contributed by atoms with Crippen LogP contribution in [-0.2, 0) is 22.6 Å². The average molecular weight is 432 g/mol. The molecule has 0 aliphatic carbocycles. The number of nitrogens with one attached hydrogen (secondary N) is 1. The molecule has 1 amide bonds. The zero-order valence-corrected chi connectivity index (χ0v) is 18.3. The third-order valence-corrected chi connectivity index (χ3v) is 5.90. The summed E-state index contributed by atoms with van der Waals surface area (Å²) < 4.78 is 5.38. The number of hydrogen-bond donors (Lipinski definition) is 2. The molecule has 0 aromatic heterocycles. The van der Waals surface area contributed by atoms with Gasteiger partial charge in [-0.15, -0.1) is 24.8 Å². The Hall–Kier alpha value is -0.850. The van der Waals surface area contributed by atoms with Crippen LogP contribution in [-0.4, -0.2) is 43.7 Å². The van der Waals surface area contributed by atoms with Crippen LogP contribution in [0.5, 0.6) is 0 Å². The Morgan fingerprint density at radius 1 is 1.00 bits per heavy atom. The van der Waals surface area contributed by atoms with Crippen LogP contribution in [0, 0.1) is 5.41 Å². The van der Waals surface area contributed by atoms with Crippen molar-refractivity contribution in [2.24, 2.45) is 11.1 Å². The number of halogens is 2. The molecule has 28 heavy (non-hydrogen) atoms. The molecule has 0 bridgehead atoms. The first-order valence-corrected chi connectivity index (χ1v) is 10.1. The van der Waals surface area contributed by atoms with Gasteiger partial charge in [0.15, 0.2) is 0 Å². The van der Waals surface area contributed by atoms with Gasteiger partial charge in [-0.2, -0.15) is 0 Å². The lowest BCUT2D eigenvalue weighted by molar-refractivity contribution is -0.136. The lowest BCUT2D eigenvalue weighted by Crippen LogP contribution is -2.48. The van der Waals surface area contributed by atoms with Crippen LogP contribution >= 0.6 is 24.8 Å². The van der Waals surface area contributed by atoms with Crippen LogP contribution in [0.3, 0.4) is 0 Å². The molecule has 5 nitrogen and oxygen atoms in total. The standard InChI is InChI=1S/C21H33N3O2.2ClH/c22-17-21(9-13-26-14-10-21)20(25)23-15-18-5-7-19(8-6-18)16-24-11-3-1-2-4-12-24;;/h5-8H,1-4,9-17,22H2,(H,23,25);2*1H. The van der Waals surface area contributed by atoms with Crippen LogP contribution < -0.4 is 11.1 Å². The smallest absolute Gasteiger partial charge is 0.227 e. The summed E-state index contributed by atoms with van der Waals surface area (Å²) in [6.07, 6.45) is 6.79. The quantitative estimate of drug-likeness (QED) is 0.724. The van der Waals surface area contributed by atoms with E-state index < -0.39 is 5.41 Å². The number of carbonyl (C=O) groups excluding carboxylic acids is 1. The Labute approximate surface area is 181 Å². The molecule has 0 spiro atoms. The van der Waals surface area contributed by atoms with E-state index in [0.29, 0.717) is 39.1 Å². The van der Waals surface area contributed by atoms with Gasteiger partial charge in [0, 0.05) is 32.8 Å². The summed E-state index contributed by atoms with van der Waals surface area (Å²) in [5.74, 6) is 0.0666. The van der Waals surface area contributed by atoms with Crippen molar-refractivity contribution in [2.45, 2.75) is 51.6 Å². The van der Waals surface area contributed by atoms with Crippen molar-refractivity contribution in [2.75, 3.05) is 32.8 Å². The summed E-state index contributed by atoms with van der Waals surface area (Å²) in [5.41, 5.74) is 7.94. The predicted octanol–water partition coefficient (Wildman–Crippen LogP) is 3.28. The fraction of sp³-hybridized carbons (Fsp3) is 0.667. The Balaban J connectivity index is 0.00000196. The highest BCUT2D eigenvalue weighted by molar-refractivity contribution is 5.85. The highest BCUT2D eigenvalue weighted by Gasteiger charge is 2.38. The van der Waals surface area contributed by atoms with E-state index in [0.717, 1.165) is 12.1 Å². The Morgan fingerprint density at radius 2 is 1.57 bits per heavy atom. The van der Waals surface area contributed by atoms with E-state index in [1.165, 1.54) is 44.3 Å². The number of hydrogen-bond acceptors (Lipinski definition) is 4.